The number of carbonyl (C=O) groups excluding carboxylic acids is 2. The van der Waals surface area contributed by atoms with Gasteiger partial charge in [0.25, 0.3) is 5.91 Å². The summed E-state index contributed by atoms with van der Waals surface area (Å²) in [5.41, 5.74) is 0.581. The minimum Gasteiger partial charge on any atom is -0.472 e. The summed E-state index contributed by atoms with van der Waals surface area (Å²) in [6.07, 6.45) is 6.20. The van der Waals surface area contributed by atoms with E-state index in [2.05, 4.69) is 10.6 Å². The van der Waals surface area contributed by atoms with Crippen LogP contribution in [0.1, 0.15) is 35.9 Å². The summed E-state index contributed by atoms with van der Waals surface area (Å²) < 4.78 is 10.2. The molecule has 2 aromatic rings. The molecule has 1 saturated heterocycles. The molecule has 0 saturated carbocycles. The largest absolute Gasteiger partial charge is 0.472 e. The first-order valence-corrected chi connectivity index (χ1v) is 8.51. The molecule has 134 valence electrons. The first-order chi connectivity index (χ1) is 12.1. The molecule has 2 amide bonds. The van der Waals surface area contributed by atoms with Crippen molar-refractivity contribution >= 4 is 11.8 Å². The molecule has 1 aliphatic heterocycles. The van der Waals surface area contributed by atoms with Crippen molar-refractivity contribution in [3.05, 3.63) is 48.3 Å². The third kappa shape index (κ3) is 4.51. The Kier molecular flexibility index (Phi) is 5.55. The summed E-state index contributed by atoms with van der Waals surface area (Å²) in [5, 5.41) is 6.19. The molecule has 0 aromatic carbocycles. The second-order valence-electron chi connectivity index (χ2n) is 6.26. The molecule has 3 heterocycles. The van der Waals surface area contributed by atoms with Gasteiger partial charge in [-0.05, 0) is 38.0 Å². The maximum absolute atomic E-state index is 12.3. The van der Waals surface area contributed by atoms with E-state index in [1.54, 1.807) is 18.4 Å². The van der Waals surface area contributed by atoms with Crippen LogP contribution >= 0.6 is 0 Å². The van der Waals surface area contributed by atoms with Crippen molar-refractivity contribution < 1.29 is 18.4 Å². The van der Waals surface area contributed by atoms with E-state index in [9.17, 15) is 9.59 Å². The van der Waals surface area contributed by atoms with Gasteiger partial charge in [-0.2, -0.15) is 0 Å². The minimum atomic E-state index is -0.295. The SMILES string of the molecule is CC(NC1CCN(C(=O)c2ccoc2)CC1)C(=O)NCc1ccco1. The molecule has 2 N–H and O–H groups in total. The Bertz CT molecular complexity index is 673. The number of hydrogen-bond acceptors (Lipinski definition) is 5. The van der Waals surface area contributed by atoms with E-state index in [1.807, 2.05) is 17.9 Å². The van der Waals surface area contributed by atoms with Crippen molar-refractivity contribution in [1.29, 1.82) is 0 Å². The average molecular weight is 345 g/mol. The molecule has 1 atom stereocenters. The van der Waals surface area contributed by atoms with Gasteiger partial charge in [0.05, 0.1) is 30.7 Å². The van der Waals surface area contributed by atoms with Crippen molar-refractivity contribution in [3.63, 3.8) is 0 Å². The van der Waals surface area contributed by atoms with Crippen molar-refractivity contribution in [2.75, 3.05) is 13.1 Å². The van der Waals surface area contributed by atoms with Gasteiger partial charge in [0.2, 0.25) is 5.91 Å². The van der Waals surface area contributed by atoms with Crippen LogP contribution in [0, 0.1) is 0 Å². The lowest BCUT2D eigenvalue weighted by atomic mass is 10.0. The quantitative estimate of drug-likeness (QED) is 0.833. The van der Waals surface area contributed by atoms with E-state index in [4.69, 9.17) is 8.83 Å². The zero-order valence-corrected chi connectivity index (χ0v) is 14.2. The molecule has 3 rings (SSSR count). The average Bonchev–Trinajstić information content (AvgIpc) is 3.33. The molecule has 1 fully saturated rings. The Morgan fingerprint density at radius 2 is 2.08 bits per heavy atom. The highest BCUT2D eigenvalue weighted by Crippen LogP contribution is 2.15. The Labute approximate surface area is 146 Å². The number of likely N-dealkylation sites (tertiary alicyclic amines) is 1. The van der Waals surface area contributed by atoms with Gasteiger partial charge >= 0.3 is 0 Å². The lowest BCUT2D eigenvalue weighted by Crippen LogP contribution is -2.51. The van der Waals surface area contributed by atoms with Gasteiger partial charge in [0, 0.05) is 19.1 Å². The fourth-order valence-electron chi connectivity index (χ4n) is 2.99. The second kappa shape index (κ2) is 8.02. The van der Waals surface area contributed by atoms with E-state index in [1.165, 1.54) is 12.5 Å². The molecular formula is C18H23N3O4. The lowest BCUT2D eigenvalue weighted by Gasteiger charge is -2.33. The van der Waals surface area contributed by atoms with Crippen molar-refractivity contribution in [2.45, 2.75) is 38.4 Å². The predicted octanol–water partition coefficient (Wildman–Crippen LogP) is 1.77. The number of nitrogens with zero attached hydrogens (tertiary/aromatic N) is 1. The maximum Gasteiger partial charge on any atom is 0.257 e. The summed E-state index contributed by atoms with van der Waals surface area (Å²) >= 11 is 0. The van der Waals surface area contributed by atoms with Crippen LogP contribution in [0.4, 0.5) is 0 Å². The van der Waals surface area contributed by atoms with Gasteiger partial charge in [-0.15, -0.1) is 0 Å². The van der Waals surface area contributed by atoms with Gasteiger partial charge in [-0.1, -0.05) is 0 Å². The molecule has 0 spiro atoms. The number of piperidine rings is 1. The number of amides is 2. The smallest absolute Gasteiger partial charge is 0.257 e. The number of carbonyl (C=O) groups is 2. The van der Waals surface area contributed by atoms with E-state index in [0.717, 1.165) is 18.6 Å². The van der Waals surface area contributed by atoms with Crippen LogP contribution in [-0.2, 0) is 11.3 Å². The summed E-state index contributed by atoms with van der Waals surface area (Å²) in [6.45, 7) is 3.57. The lowest BCUT2D eigenvalue weighted by molar-refractivity contribution is -0.123. The van der Waals surface area contributed by atoms with Crippen LogP contribution in [0.15, 0.2) is 45.8 Å². The zero-order chi connectivity index (χ0) is 17.6. The van der Waals surface area contributed by atoms with Crippen LogP contribution in [0.5, 0.6) is 0 Å². The highest BCUT2D eigenvalue weighted by molar-refractivity contribution is 5.93. The first-order valence-electron chi connectivity index (χ1n) is 8.51. The molecule has 1 aliphatic rings. The molecule has 2 aromatic heterocycles. The van der Waals surface area contributed by atoms with Gasteiger partial charge in [-0.3, -0.25) is 9.59 Å². The normalized spacial score (nSPS) is 16.6. The Morgan fingerprint density at radius 3 is 2.72 bits per heavy atom. The third-order valence-corrected chi connectivity index (χ3v) is 4.45. The molecule has 0 aliphatic carbocycles. The fourth-order valence-corrected chi connectivity index (χ4v) is 2.99. The first kappa shape index (κ1) is 17.3. The Balaban J connectivity index is 1.40. The van der Waals surface area contributed by atoms with Crippen LogP contribution in [0.3, 0.4) is 0 Å². The predicted molar refractivity (Wildman–Crippen MR) is 90.8 cm³/mol. The number of hydrogen-bond donors (Lipinski definition) is 2. The number of nitrogens with one attached hydrogen (secondary N) is 2. The highest BCUT2D eigenvalue weighted by atomic mass is 16.3. The van der Waals surface area contributed by atoms with E-state index in [-0.39, 0.29) is 23.9 Å². The summed E-state index contributed by atoms with van der Waals surface area (Å²) in [4.78, 5) is 26.2. The van der Waals surface area contributed by atoms with Gasteiger partial charge in [0.15, 0.2) is 0 Å². The van der Waals surface area contributed by atoms with E-state index >= 15 is 0 Å². The summed E-state index contributed by atoms with van der Waals surface area (Å²) in [6, 6.07) is 5.22. The molecule has 0 radical (unpaired) electrons. The van der Waals surface area contributed by atoms with Gasteiger partial charge in [0.1, 0.15) is 12.0 Å². The highest BCUT2D eigenvalue weighted by Gasteiger charge is 2.26. The molecule has 1 unspecified atom stereocenters. The topological polar surface area (TPSA) is 87.7 Å². The fraction of sp³-hybridized carbons (Fsp3) is 0.444. The molecule has 0 bridgehead atoms. The molecule has 7 heteroatoms. The zero-order valence-electron chi connectivity index (χ0n) is 14.2. The summed E-state index contributed by atoms with van der Waals surface area (Å²) in [7, 11) is 0. The van der Waals surface area contributed by atoms with Crippen molar-refractivity contribution in [1.82, 2.24) is 15.5 Å². The van der Waals surface area contributed by atoms with Crippen LogP contribution in [-0.4, -0.2) is 41.9 Å². The van der Waals surface area contributed by atoms with Crippen LogP contribution in [0.2, 0.25) is 0 Å². The van der Waals surface area contributed by atoms with Crippen LogP contribution < -0.4 is 10.6 Å². The minimum absolute atomic E-state index is 0.00330. The van der Waals surface area contributed by atoms with Gasteiger partial charge in [-0.25, -0.2) is 0 Å². The third-order valence-electron chi connectivity index (χ3n) is 4.45. The second-order valence-corrected chi connectivity index (χ2v) is 6.26. The molecule has 25 heavy (non-hydrogen) atoms. The van der Waals surface area contributed by atoms with Crippen LogP contribution in [0.25, 0.3) is 0 Å². The molecular weight excluding hydrogens is 322 g/mol. The Hall–Kier alpha value is -2.54. The number of rotatable bonds is 6. The summed E-state index contributed by atoms with van der Waals surface area (Å²) in [5.74, 6) is 0.663. The number of furan rings is 2. The maximum atomic E-state index is 12.3. The monoisotopic (exact) mass is 345 g/mol. The van der Waals surface area contributed by atoms with Gasteiger partial charge < -0.3 is 24.4 Å². The van der Waals surface area contributed by atoms with Crippen molar-refractivity contribution in [3.8, 4) is 0 Å². The Morgan fingerprint density at radius 1 is 1.28 bits per heavy atom. The van der Waals surface area contributed by atoms with E-state index < -0.39 is 0 Å². The molecule has 7 nitrogen and oxygen atoms in total. The van der Waals surface area contributed by atoms with Crippen molar-refractivity contribution in [2.24, 2.45) is 0 Å². The standard InChI is InChI=1S/C18H23N3O4/c1-13(17(22)19-11-16-3-2-9-25-16)20-15-4-7-21(8-5-15)18(23)14-6-10-24-12-14/h2-3,6,9-10,12-13,15,20H,4-5,7-8,11H2,1H3,(H,19,22). The van der Waals surface area contributed by atoms with E-state index in [0.29, 0.717) is 25.2 Å².